The number of aliphatic hydroxyl groups is 1. The van der Waals surface area contributed by atoms with Gasteiger partial charge in [-0.1, -0.05) is 31.2 Å². The first-order valence-corrected chi connectivity index (χ1v) is 11.8. The van der Waals surface area contributed by atoms with E-state index in [1.54, 1.807) is 30.3 Å². The second-order valence-electron chi connectivity index (χ2n) is 8.72. The van der Waals surface area contributed by atoms with Crippen LogP contribution in [0, 0.1) is 0 Å². The standard InChI is InChI=1S/C29H25NO6/c1-3-17-4-6-18(7-5-17)25-24(26(31)21-10-13-23-20(16-21)14-15-36-23)27(32)28(33)30(25)22-11-8-19(9-12-22)29(34)35-2/h4-13,16,25,31H,3,14-15H2,1-2H3/b26-24-. The maximum atomic E-state index is 13.4. The number of methoxy groups -OCH3 is 1. The number of hydrogen-bond acceptors (Lipinski definition) is 6. The molecule has 5 rings (SSSR count). The van der Waals surface area contributed by atoms with E-state index in [2.05, 4.69) is 0 Å². The predicted octanol–water partition coefficient (Wildman–Crippen LogP) is 4.60. The van der Waals surface area contributed by atoms with E-state index in [-0.39, 0.29) is 11.3 Å². The van der Waals surface area contributed by atoms with E-state index in [0.29, 0.717) is 35.4 Å². The lowest BCUT2D eigenvalue weighted by Gasteiger charge is -2.25. The number of carbonyl (C=O) groups is 3. The van der Waals surface area contributed by atoms with Crippen LogP contribution in [-0.2, 0) is 27.2 Å². The second-order valence-corrected chi connectivity index (χ2v) is 8.72. The molecule has 1 amide bonds. The topological polar surface area (TPSA) is 93.1 Å². The Hall–Kier alpha value is -4.39. The van der Waals surface area contributed by atoms with Gasteiger partial charge in [0.05, 0.1) is 30.9 Å². The molecule has 0 spiro atoms. The number of ketones is 1. The van der Waals surface area contributed by atoms with Crippen molar-refractivity contribution in [2.24, 2.45) is 0 Å². The van der Waals surface area contributed by atoms with Crippen LogP contribution in [0.25, 0.3) is 5.76 Å². The molecule has 7 heteroatoms. The van der Waals surface area contributed by atoms with E-state index >= 15 is 0 Å². The van der Waals surface area contributed by atoms with Crippen LogP contribution in [0.2, 0.25) is 0 Å². The number of fused-ring (bicyclic) bond motifs is 1. The van der Waals surface area contributed by atoms with Crippen molar-refractivity contribution in [3.8, 4) is 5.75 Å². The lowest BCUT2D eigenvalue weighted by Crippen LogP contribution is -2.29. The monoisotopic (exact) mass is 483 g/mol. The lowest BCUT2D eigenvalue weighted by atomic mass is 9.93. The number of aryl methyl sites for hydroxylation is 1. The van der Waals surface area contributed by atoms with Gasteiger partial charge in [0.1, 0.15) is 11.5 Å². The van der Waals surface area contributed by atoms with Crippen LogP contribution >= 0.6 is 0 Å². The molecule has 7 nitrogen and oxygen atoms in total. The summed E-state index contributed by atoms with van der Waals surface area (Å²) in [5.74, 6) is -1.51. The molecular formula is C29H25NO6. The molecule has 1 N–H and O–H groups in total. The van der Waals surface area contributed by atoms with Gasteiger partial charge < -0.3 is 14.6 Å². The highest BCUT2D eigenvalue weighted by atomic mass is 16.5. The molecule has 0 saturated carbocycles. The fourth-order valence-corrected chi connectivity index (χ4v) is 4.72. The van der Waals surface area contributed by atoms with Crippen LogP contribution in [0.5, 0.6) is 5.75 Å². The molecule has 1 fully saturated rings. The van der Waals surface area contributed by atoms with E-state index in [9.17, 15) is 19.5 Å². The van der Waals surface area contributed by atoms with E-state index in [4.69, 9.17) is 9.47 Å². The van der Waals surface area contributed by atoms with E-state index in [0.717, 1.165) is 23.3 Å². The minimum Gasteiger partial charge on any atom is -0.507 e. The smallest absolute Gasteiger partial charge is 0.337 e. The summed E-state index contributed by atoms with van der Waals surface area (Å²) in [5.41, 5.74) is 3.95. The molecule has 3 aromatic rings. The SMILES string of the molecule is CCc1ccc(C2/C(=C(/O)c3ccc4c(c3)CCO4)C(=O)C(=O)N2c2ccc(C(=O)OC)cc2)cc1. The summed E-state index contributed by atoms with van der Waals surface area (Å²) >= 11 is 0. The zero-order valence-electron chi connectivity index (χ0n) is 20.0. The Kier molecular flexibility index (Phi) is 6.06. The largest absolute Gasteiger partial charge is 0.507 e. The Morgan fingerprint density at radius 2 is 1.72 bits per heavy atom. The number of amides is 1. The minimum absolute atomic E-state index is 0.0140. The molecule has 2 aliphatic rings. The van der Waals surface area contributed by atoms with Gasteiger partial charge in [-0.2, -0.15) is 0 Å². The van der Waals surface area contributed by atoms with Gasteiger partial charge in [0.15, 0.2) is 0 Å². The lowest BCUT2D eigenvalue weighted by molar-refractivity contribution is -0.132. The Labute approximate surface area is 208 Å². The van der Waals surface area contributed by atoms with Crippen LogP contribution in [0.15, 0.2) is 72.3 Å². The first-order valence-electron chi connectivity index (χ1n) is 11.8. The third-order valence-electron chi connectivity index (χ3n) is 6.68. The van der Waals surface area contributed by atoms with Crippen LogP contribution < -0.4 is 9.64 Å². The first kappa shape index (κ1) is 23.4. The Morgan fingerprint density at radius 3 is 2.39 bits per heavy atom. The zero-order valence-corrected chi connectivity index (χ0v) is 20.0. The molecule has 2 heterocycles. The Morgan fingerprint density at radius 1 is 1.03 bits per heavy atom. The summed E-state index contributed by atoms with van der Waals surface area (Å²) in [5, 5.41) is 11.4. The molecule has 36 heavy (non-hydrogen) atoms. The number of benzene rings is 3. The van der Waals surface area contributed by atoms with Gasteiger partial charge in [0.2, 0.25) is 0 Å². The van der Waals surface area contributed by atoms with Gasteiger partial charge in [0.25, 0.3) is 11.7 Å². The summed E-state index contributed by atoms with van der Waals surface area (Å²) in [6.45, 7) is 2.61. The van der Waals surface area contributed by atoms with E-state index < -0.39 is 23.7 Å². The van der Waals surface area contributed by atoms with Crippen molar-refractivity contribution < 1.29 is 29.0 Å². The van der Waals surface area contributed by atoms with Crippen molar-refractivity contribution in [1.82, 2.24) is 0 Å². The molecule has 182 valence electrons. The third-order valence-corrected chi connectivity index (χ3v) is 6.68. The summed E-state index contributed by atoms with van der Waals surface area (Å²) in [7, 11) is 1.29. The summed E-state index contributed by atoms with van der Waals surface area (Å²) in [6.07, 6.45) is 1.55. The van der Waals surface area contributed by atoms with Crippen molar-refractivity contribution in [2.75, 3.05) is 18.6 Å². The van der Waals surface area contributed by atoms with Crippen molar-refractivity contribution in [1.29, 1.82) is 0 Å². The maximum Gasteiger partial charge on any atom is 0.337 e. The molecule has 0 bridgehead atoms. The number of aliphatic hydroxyl groups excluding tert-OH is 1. The van der Waals surface area contributed by atoms with Gasteiger partial charge in [-0.3, -0.25) is 14.5 Å². The number of esters is 1. The fourth-order valence-electron chi connectivity index (χ4n) is 4.72. The van der Waals surface area contributed by atoms with Crippen molar-refractivity contribution in [3.63, 3.8) is 0 Å². The molecule has 2 aliphatic heterocycles. The number of anilines is 1. The highest BCUT2D eigenvalue weighted by Crippen LogP contribution is 2.42. The van der Waals surface area contributed by atoms with Gasteiger partial charge in [-0.25, -0.2) is 4.79 Å². The van der Waals surface area contributed by atoms with Crippen LogP contribution in [0.3, 0.4) is 0 Å². The Bertz CT molecular complexity index is 1390. The molecule has 3 aromatic carbocycles. The highest BCUT2D eigenvalue weighted by molar-refractivity contribution is 6.51. The van der Waals surface area contributed by atoms with Crippen LogP contribution in [-0.4, -0.2) is 36.5 Å². The first-order chi connectivity index (χ1) is 17.4. The van der Waals surface area contributed by atoms with Gasteiger partial charge >= 0.3 is 5.97 Å². The highest BCUT2D eigenvalue weighted by Gasteiger charge is 2.47. The van der Waals surface area contributed by atoms with Gasteiger partial charge in [0, 0.05) is 17.7 Å². The quantitative estimate of drug-likeness (QED) is 0.247. The number of nitrogens with zero attached hydrogens (tertiary/aromatic N) is 1. The van der Waals surface area contributed by atoms with Gasteiger partial charge in [-0.15, -0.1) is 0 Å². The summed E-state index contributed by atoms with van der Waals surface area (Å²) in [6, 6.07) is 18.3. The number of Topliss-reactive ketones (excluding diaryl/α,β-unsaturated/α-hetero) is 1. The molecule has 0 aliphatic carbocycles. The molecule has 0 aromatic heterocycles. The summed E-state index contributed by atoms with van der Waals surface area (Å²) in [4.78, 5) is 39.9. The average molecular weight is 484 g/mol. The number of ether oxygens (including phenoxy) is 2. The normalized spacial score (nSPS) is 18.2. The van der Waals surface area contributed by atoms with Crippen molar-refractivity contribution in [2.45, 2.75) is 25.8 Å². The maximum absolute atomic E-state index is 13.4. The number of rotatable bonds is 5. The molecule has 1 saturated heterocycles. The van der Waals surface area contributed by atoms with Crippen molar-refractivity contribution >= 4 is 29.1 Å². The van der Waals surface area contributed by atoms with Crippen LogP contribution in [0.4, 0.5) is 5.69 Å². The molecule has 1 atom stereocenters. The van der Waals surface area contributed by atoms with E-state index in [1.807, 2.05) is 31.2 Å². The summed E-state index contributed by atoms with van der Waals surface area (Å²) < 4.78 is 10.3. The fraction of sp³-hybridized carbons (Fsp3) is 0.207. The minimum atomic E-state index is -0.843. The van der Waals surface area contributed by atoms with Gasteiger partial charge in [-0.05, 0) is 65.6 Å². The van der Waals surface area contributed by atoms with Crippen molar-refractivity contribution in [3.05, 3.63) is 100 Å². The third kappa shape index (κ3) is 3.92. The number of hydrogen-bond donors (Lipinski definition) is 1. The predicted molar refractivity (Wildman–Crippen MR) is 134 cm³/mol. The second kappa shape index (κ2) is 9.34. The Balaban J connectivity index is 1.65. The zero-order chi connectivity index (χ0) is 25.4. The molecular weight excluding hydrogens is 458 g/mol. The van der Waals surface area contributed by atoms with E-state index in [1.165, 1.54) is 24.1 Å². The molecule has 1 unspecified atom stereocenters. The average Bonchev–Trinajstić information content (AvgIpc) is 3.49. The number of carbonyl (C=O) groups excluding carboxylic acids is 3. The molecule has 0 radical (unpaired) electrons. The van der Waals surface area contributed by atoms with Crippen LogP contribution in [0.1, 0.15) is 45.6 Å².